The quantitative estimate of drug-likeness (QED) is 0.709. The van der Waals surface area contributed by atoms with E-state index in [0.717, 1.165) is 12.2 Å². The molecule has 1 atom stereocenters. The monoisotopic (exact) mass is 181 g/mol. The number of rotatable bonds is 4. The summed E-state index contributed by atoms with van der Waals surface area (Å²) in [5.74, 6) is 2.62. The highest BCUT2D eigenvalue weighted by atomic mass is 32.1. The van der Waals surface area contributed by atoms with Crippen molar-refractivity contribution in [3.05, 3.63) is 11.1 Å². The van der Waals surface area contributed by atoms with Gasteiger partial charge in [-0.25, -0.2) is 0 Å². The van der Waals surface area contributed by atoms with Crippen LogP contribution in [0.1, 0.15) is 25.1 Å². The van der Waals surface area contributed by atoms with Crippen LogP contribution in [0, 0.1) is 12.3 Å². The van der Waals surface area contributed by atoms with Crippen LogP contribution in [0.15, 0.2) is 5.38 Å². The van der Waals surface area contributed by atoms with Gasteiger partial charge >= 0.3 is 0 Å². The first-order chi connectivity index (χ1) is 5.88. The van der Waals surface area contributed by atoms with Gasteiger partial charge in [-0.1, -0.05) is 11.4 Å². The van der Waals surface area contributed by atoms with Crippen molar-refractivity contribution >= 4 is 11.5 Å². The molecule has 0 fully saturated rings. The van der Waals surface area contributed by atoms with Crippen molar-refractivity contribution in [3.63, 3.8) is 0 Å². The Bertz CT molecular complexity index is 250. The second kappa shape index (κ2) is 4.86. The highest BCUT2D eigenvalue weighted by Gasteiger charge is 2.10. The summed E-state index contributed by atoms with van der Waals surface area (Å²) in [7, 11) is 0. The Morgan fingerprint density at radius 1 is 1.83 bits per heavy atom. The van der Waals surface area contributed by atoms with Crippen molar-refractivity contribution in [1.29, 1.82) is 0 Å². The SMILES string of the molecule is C#CCC(NCC)c1csnn1. The molecule has 1 aromatic rings. The maximum Gasteiger partial charge on any atom is 0.0934 e. The zero-order chi connectivity index (χ0) is 8.81. The first-order valence-electron chi connectivity index (χ1n) is 3.82. The largest absolute Gasteiger partial charge is 0.308 e. The minimum atomic E-state index is 0.166. The Kier molecular flexibility index (Phi) is 3.71. The fourth-order valence-corrected chi connectivity index (χ4v) is 1.48. The van der Waals surface area contributed by atoms with E-state index in [-0.39, 0.29) is 6.04 Å². The molecule has 0 aliphatic heterocycles. The van der Waals surface area contributed by atoms with Gasteiger partial charge in [-0.15, -0.1) is 17.4 Å². The number of aromatic nitrogens is 2. The normalized spacial score (nSPS) is 12.3. The summed E-state index contributed by atoms with van der Waals surface area (Å²) in [6.45, 7) is 2.94. The fraction of sp³-hybridized carbons (Fsp3) is 0.500. The van der Waals surface area contributed by atoms with Gasteiger partial charge in [0, 0.05) is 11.8 Å². The minimum Gasteiger partial charge on any atom is -0.308 e. The summed E-state index contributed by atoms with van der Waals surface area (Å²) in [6, 6.07) is 0.166. The van der Waals surface area contributed by atoms with E-state index in [4.69, 9.17) is 6.42 Å². The van der Waals surface area contributed by atoms with E-state index in [1.54, 1.807) is 0 Å². The van der Waals surface area contributed by atoms with Crippen LogP contribution >= 0.6 is 11.5 Å². The van der Waals surface area contributed by atoms with Gasteiger partial charge in [-0.3, -0.25) is 0 Å². The van der Waals surface area contributed by atoms with Crippen molar-refractivity contribution in [3.8, 4) is 12.3 Å². The lowest BCUT2D eigenvalue weighted by atomic mass is 10.1. The molecular formula is C8H11N3S. The van der Waals surface area contributed by atoms with Crippen molar-refractivity contribution in [1.82, 2.24) is 14.9 Å². The Labute approximate surface area is 76.4 Å². The van der Waals surface area contributed by atoms with Crippen LogP contribution in [0.25, 0.3) is 0 Å². The van der Waals surface area contributed by atoms with Crippen LogP contribution in [-0.2, 0) is 0 Å². The molecule has 1 rings (SSSR count). The molecule has 1 N–H and O–H groups in total. The van der Waals surface area contributed by atoms with Crippen LogP contribution in [0.2, 0.25) is 0 Å². The molecule has 0 aromatic carbocycles. The molecule has 1 aromatic heterocycles. The molecule has 3 nitrogen and oxygen atoms in total. The average molecular weight is 181 g/mol. The van der Waals surface area contributed by atoms with Gasteiger partial charge in [0.25, 0.3) is 0 Å². The number of hydrogen-bond donors (Lipinski definition) is 1. The third-order valence-electron chi connectivity index (χ3n) is 1.51. The molecule has 1 heterocycles. The van der Waals surface area contributed by atoms with Gasteiger partial charge in [0.2, 0.25) is 0 Å². The van der Waals surface area contributed by atoms with Gasteiger partial charge in [0.05, 0.1) is 11.7 Å². The standard InChI is InChI=1S/C8H11N3S/c1-3-5-7(9-4-2)8-6-12-11-10-8/h1,6-7,9H,4-5H2,2H3. The zero-order valence-corrected chi connectivity index (χ0v) is 7.77. The average Bonchev–Trinajstić information content (AvgIpc) is 2.56. The molecule has 0 radical (unpaired) electrons. The summed E-state index contributed by atoms with van der Waals surface area (Å²) in [5.41, 5.74) is 0.944. The molecule has 0 bridgehead atoms. The predicted octanol–water partition coefficient (Wildman–Crippen LogP) is 1.21. The Hall–Kier alpha value is -0.920. The molecule has 0 aliphatic rings. The van der Waals surface area contributed by atoms with Crippen LogP contribution in [-0.4, -0.2) is 16.1 Å². The van der Waals surface area contributed by atoms with Crippen molar-refractivity contribution in [2.45, 2.75) is 19.4 Å². The van der Waals surface area contributed by atoms with Gasteiger partial charge in [-0.2, -0.15) is 0 Å². The second-order valence-corrected chi connectivity index (χ2v) is 2.96. The summed E-state index contributed by atoms with van der Waals surface area (Å²) in [4.78, 5) is 0. The predicted molar refractivity (Wildman–Crippen MR) is 49.8 cm³/mol. The van der Waals surface area contributed by atoms with Gasteiger partial charge < -0.3 is 5.32 Å². The maximum atomic E-state index is 5.23. The minimum absolute atomic E-state index is 0.166. The van der Waals surface area contributed by atoms with E-state index in [1.807, 2.05) is 12.3 Å². The summed E-state index contributed by atoms with van der Waals surface area (Å²) in [5, 5.41) is 9.13. The fourth-order valence-electron chi connectivity index (χ4n) is 0.969. The molecule has 0 aliphatic carbocycles. The lowest BCUT2D eigenvalue weighted by Crippen LogP contribution is -2.20. The number of terminal acetylenes is 1. The van der Waals surface area contributed by atoms with E-state index in [9.17, 15) is 0 Å². The van der Waals surface area contributed by atoms with E-state index < -0.39 is 0 Å². The van der Waals surface area contributed by atoms with Crippen LogP contribution in [0.3, 0.4) is 0 Å². The van der Waals surface area contributed by atoms with Crippen molar-refractivity contribution < 1.29 is 0 Å². The molecule has 0 spiro atoms. The summed E-state index contributed by atoms with van der Waals surface area (Å²) >= 11 is 1.35. The molecular weight excluding hydrogens is 170 g/mol. The summed E-state index contributed by atoms with van der Waals surface area (Å²) < 4.78 is 3.79. The van der Waals surface area contributed by atoms with Gasteiger partial charge in [0.1, 0.15) is 0 Å². The third kappa shape index (κ3) is 2.29. The molecule has 1 unspecified atom stereocenters. The highest BCUT2D eigenvalue weighted by Crippen LogP contribution is 2.13. The van der Waals surface area contributed by atoms with Gasteiger partial charge in [0.15, 0.2) is 0 Å². The molecule has 0 saturated carbocycles. The number of nitrogens with one attached hydrogen (secondary N) is 1. The topological polar surface area (TPSA) is 37.8 Å². The first kappa shape index (κ1) is 9.17. The first-order valence-corrected chi connectivity index (χ1v) is 4.66. The van der Waals surface area contributed by atoms with Crippen LogP contribution < -0.4 is 5.32 Å². The third-order valence-corrected chi connectivity index (χ3v) is 2.03. The molecule has 4 heteroatoms. The Morgan fingerprint density at radius 2 is 2.67 bits per heavy atom. The van der Waals surface area contributed by atoms with E-state index in [0.29, 0.717) is 6.42 Å². The smallest absolute Gasteiger partial charge is 0.0934 e. The highest BCUT2D eigenvalue weighted by molar-refractivity contribution is 7.03. The summed E-state index contributed by atoms with van der Waals surface area (Å²) in [6.07, 6.45) is 5.90. The Balaban J connectivity index is 2.61. The maximum absolute atomic E-state index is 5.23. The van der Waals surface area contributed by atoms with Crippen molar-refractivity contribution in [2.24, 2.45) is 0 Å². The van der Waals surface area contributed by atoms with E-state index in [1.165, 1.54) is 11.5 Å². The van der Waals surface area contributed by atoms with Gasteiger partial charge in [-0.05, 0) is 18.1 Å². The van der Waals surface area contributed by atoms with E-state index >= 15 is 0 Å². The zero-order valence-electron chi connectivity index (χ0n) is 6.95. The molecule has 64 valence electrons. The van der Waals surface area contributed by atoms with Crippen molar-refractivity contribution in [2.75, 3.05) is 6.54 Å². The van der Waals surface area contributed by atoms with E-state index in [2.05, 4.69) is 20.8 Å². The molecule has 0 saturated heterocycles. The Morgan fingerprint density at radius 3 is 3.17 bits per heavy atom. The second-order valence-electron chi connectivity index (χ2n) is 2.35. The molecule has 12 heavy (non-hydrogen) atoms. The lowest BCUT2D eigenvalue weighted by molar-refractivity contribution is 0.550. The lowest BCUT2D eigenvalue weighted by Gasteiger charge is -2.10. The number of nitrogens with zero attached hydrogens (tertiary/aromatic N) is 2. The van der Waals surface area contributed by atoms with Crippen LogP contribution in [0.4, 0.5) is 0 Å². The molecule has 0 amide bonds. The number of hydrogen-bond acceptors (Lipinski definition) is 4. The van der Waals surface area contributed by atoms with Crippen LogP contribution in [0.5, 0.6) is 0 Å².